The summed E-state index contributed by atoms with van der Waals surface area (Å²) >= 11 is 0. The number of hydrogen-bond acceptors (Lipinski definition) is 4. The van der Waals surface area contributed by atoms with Crippen molar-refractivity contribution in [3.8, 4) is 5.82 Å². The SMILES string of the molecule is c1ccc2c(c1)ncn2-c1cncc(C[C@H]2CCCNC2)n1. The van der Waals surface area contributed by atoms with E-state index in [-0.39, 0.29) is 0 Å². The predicted octanol–water partition coefficient (Wildman–Crippen LogP) is 2.36. The van der Waals surface area contributed by atoms with Crippen LogP contribution in [0.4, 0.5) is 0 Å². The summed E-state index contributed by atoms with van der Waals surface area (Å²) in [5.74, 6) is 1.51. The van der Waals surface area contributed by atoms with Gasteiger partial charge in [0.05, 0.1) is 22.9 Å². The summed E-state index contributed by atoms with van der Waals surface area (Å²) in [6, 6.07) is 8.09. The molecule has 1 N–H and O–H groups in total. The van der Waals surface area contributed by atoms with E-state index in [2.05, 4.69) is 21.4 Å². The van der Waals surface area contributed by atoms with Crippen LogP contribution in [-0.2, 0) is 6.42 Å². The predicted molar refractivity (Wildman–Crippen MR) is 86.0 cm³/mol. The highest BCUT2D eigenvalue weighted by atomic mass is 15.1. The Morgan fingerprint density at radius 1 is 1.23 bits per heavy atom. The van der Waals surface area contributed by atoms with Gasteiger partial charge in [-0.15, -0.1) is 0 Å². The Hall–Kier alpha value is -2.27. The van der Waals surface area contributed by atoms with Gasteiger partial charge in [0.25, 0.3) is 0 Å². The molecule has 1 saturated heterocycles. The molecule has 4 rings (SSSR count). The van der Waals surface area contributed by atoms with E-state index < -0.39 is 0 Å². The molecule has 3 heterocycles. The highest BCUT2D eigenvalue weighted by molar-refractivity contribution is 5.76. The summed E-state index contributed by atoms with van der Waals surface area (Å²) in [7, 11) is 0. The third kappa shape index (κ3) is 2.60. The molecule has 3 aromatic rings. The minimum absolute atomic E-state index is 0.665. The normalized spacial score (nSPS) is 18.6. The van der Waals surface area contributed by atoms with Gasteiger partial charge >= 0.3 is 0 Å². The molecule has 5 heteroatoms. The number of fused-ring (bicyclic) bond motifs is 1. The van der Waals surface area contributed by atoms with Crippen LogP contribution in [0.5, 0.6) is 0 Å². The second-order valence-electron chi connectivity index (χ2n) is 5.89. The number of piperidine rings is 1. The van der Waals surface area contributed by atoms with Crippen molar-refractivity contribution in [2.45, 2.75) is 19.3 Å². The van der Waals surface area contributed by atoms with E-state index in [4.69, 9.17) is 4.98 Å². The Balaban J connectivity index is 1.63. The quantitative estimate of drug-likeness (QED) is 0.805. The fourth-order valence-electron chi connectivity index (χ4n) is 3.14. The zero-order chi connectivity index (χ0) is 14.8. The van der Waals surface area contributed by atoms with Crippen LogP contribution in [0.25, 0.3) is 16.9 Å². The summed E-state index contributed by atoms with van der Waals surface area (Å²) in [4.78, 5) is 13.6. The molecule has 5 nitrogen and oxygen atoms in total. The lowest BCUT2D eigenvalue weighted by molar-refractivity contribution is 0.373. The Kier molecular flexibility index (Phi) is 3.56. The van der Waals surface area contributed by atoms with Crippen molar-refractivity contribution in [1.29, 1.82) is 0 Å². The topological polar surface area (TPSA) is 55.6 Å². The van der Waals surface area contributed by atoms with Crippen LogP contribution in [-0.4, -0.2) is 32.6 Å². The van der Waals surface area contributed by atoms with E-state index in [9.17, 15) is 0 Å². The molecule has 22 heavy (non-hydrogen) atoms. The summed E-state index contributed by atoms with van der Waals surface area (Å²) in [5, 5.41) is 3.46. The van der Waals surface area contributed by atoms with Crippen molar-refractivity contribution < 1.29 is 0 Å². The van der Waals surface area contributed by atoms with Gasteiger partial charge in [-0.25, -0.2) is 9.97 Å². The van der Waals surface area contributed by atoms with Crippen LogP contribution in [0.15, 0.2) is 43.0 Å². The number of nitrogens with zero attached hydrogens (tertiary/aromatic N) is 4. The van der Waals surface area contributed by atoms with Crippen LogP contribution >= 0.6 is 0 Å². The summed E-state index contributed by atoms with van der Waals surface area (Å²) < 4.78 is 2.00. The van der Waals surface area contributed by atoms with Crippen LogP contribution in [0.1, 0.15) is 18.5 Å². The first kappa shape index (κ1) is 13.4. The summed E-state index contributed by atoms with van der Waals surface area (Å²) in [5.41, 5.74) is 3.10. The smallest absolute Gasteiger partial charge is 0.157 e. The molecule has 0 radical (unpaired) electrons. The highest BCUT2D eigenvalue weighted by Crippen LogP contribution is 2.18. The second kappa shape index (κ2) is 5.85. The van der Waals surface area contributed by atoms with Gasteiger partial charge in [-0.05, 0) is 50.4 Å². The van der Waals surface area contributed by atoms with Crippen LogP contribution in [0, 0.1) is 5.92 Å². The van der Waals surface area contributed by atoms with Crippen molar-refractivity contribution in [2.75, 3.05) is 13.1 Å². The van der Waals surface area contributed by atoms with E-state index >= 15 is 0 Å². The van der Waals surface area contributed by atoms with E-state index in [1.54, 1.807) is 6.20 Å². The van der Waals surface area contributed by atoms with Crippen LogP contribution in [0.3, 0.4) is 0 Å². The fourth-order valence-corrected chi connectivity index (χ4v) is 3.14. The van der Waals surface area contributed by atoms with Crippen LogP contribution < -0.4 is 5.32 Å². The van der Waals surface area contributed by atoms with Crippen molar-refractivity contribution in [3.05, 3.63) is 48.7 Å². The summed E-state index contributed by atoms with van der Waals surface area (Å²) in [6.07, 6.45) is 9.02. The van der Waals surface area contributed by atoms with Gasteiger partial charge in [-0.3, -0.25) is 9.55 Å². The summed E-state index contributed by atoms with van der Waals surface area (Å²) in [6.45, 7) is 2.23. The minimum Gasteiger partial charge on any atom is -0.316 e. The first-order valence-electron chi connectivity index (χ1n) is 7.84. The van der Waals surface area contributed by atoms with E-state index in [1.807, 2.05) is 35.3 Å². The number of benzene rings is 1. The molecule has 1 atom stereocenters. The molecule has 0 saturated carbocycles. The molecule has 0 amide bonds. The Morgan fingerprint density at radius 2 is 2.18 bits per heavy atom. The maximum atomic E-state index is 4.79. The molecular formula is C17H19N5. The Morgan fingerprint density at radius 3 is 3.09 bits per heavy atom. The molecule has 112 valence electrons. The Labute approximate surface area is 129 Å². The number of imidazole rings is 1. The molecule has 1 aliphatic rings. The third-order valence-electron chi connectivity index (χ3n) is 4.27. The largest absolute Gasteiger partial charge is 0.316 e. The maximum Gasteiger partial charge on any atom is 0.157 e. The van der Waals surface area contributed by atoms with Gasteiger partial charge in [-0.2, -0.15) is 0 Å². The molecule has 1 fully saturated rings. The number of para-hydroxylation sites is 2. The van der Waals surface area contributed by atoms with Gasteiger partial charge in [0, 0.05) is 6.20 Å². The standard InChI is InChI=1S/C17H19N5/c1-2-6-16-15(5-1)20-12-22(16)17-11-19-10-14(21-17)8-13-4-3-7-18-9-13/h1-2,5-6,10-13,18H,3-4,7-9H2/t13-/m1/s1. The van der Waals surface area contributed by atoms with Crippen LogP contribution in [0.2, 0.25) is 0 Å². The lowest BCUT2D eigenvalue weighted by Gasteiger charge is -2.22. The van der Waals surface area contributed by atoms with Crippen molar-refractivity contribution >= 4 is 11.0 Å². The van der Waals surface area contributed by atoms with Gasteiger partial charge in [0.1, 0.15) is 6.33 Å². The molecule has 0 bridgehead atoms. The minimum atomic E-state index is 0.665. The van der Waals surface area contributed by atoms with Crippen molar-refractivity contribution in [1.82, 2.24) is 24.8 Å². The van der Waals surface area contributed by atoms with E-state index in [1.165, 1.54) is 12.8 Å². The molecule has 2 aromatic heterocycles. The lowest BCUT2D eigenvalue weighted by atomic mass is 9.95. The average Bonchev–Trinajstić information content (AvgIpc) is 3.00. The number of aromatic nitrogens is 4. The molecular weight excluding hydrogens is 274 g/mol. The monoisotopic (exact) mass is 293 g/mol. The van der Waals surface area contributed by atoms with Gasteiger partial charge in [0.2, 0.25) is 0 Å². The molecule has 1 aliphatic heterocycles. The molecule has 1 aromatic carbocycles. The second-order valence-corrected chi connectivity index (χ2v) is 5.89. The van der Waals surface area contributed by atoms with E-state index in [0.29, 0.717) is 5.92 Å². The first-order valence-corrected chi connectivity index (χ1v) is 7.84. The number of nitrogens with one attached hydrogen (secondary N) is 1. The fraction of sp³-hybridized carbons (Fsp3) is 0.353. The average molecular weight is 293 g/mol. The maximum absolute atomic E-state index is 4.79. The van der Waals surface area contributed by atoms with E-state index in [0.717, 1.165) is 42.1 Å². The molecule has 0 unspecified atom stereocenters. The van der Waals surface area contributed by atoms with Gasteiger partial charge in [-0.1, -0.05) is 12.1 Å². The number of rotatable bonds is 3. The zero-order valence-electron chi connectivity index (χ0n) is 12.4. The Bertz CT molecular complexity index is 773. The van der Waals surface area contributed by atoms with Gasteiger partial charge < -0.3 is 5.32 Å². The zero-order valence-corrected chi connectivity index (χ0v) is 12.4. The molecule has 0 spiro atoms. The third-order valence-corrected chi connectivity index (χ3v) is 4.27. The van der Waals surface area contributed by atoms with Crippen molar-refractivity contribution in [3.63, 3.8) is 0 Å². The van der Waals surface area contributed by atoms with Crippen molar-refractivity contribution in [2.24, 2.45) is 5.92 Å². The lowest BCUT2D eigenvalue weighted by Crippen LogP contribution is -2.31. The molecule has 0 aliphatic carbocycles. The number of hydrogen-bond donors (Lipinski definition) is 1. The first-order chi connectivity index (χ1) is 10.9. The highest BCUT2D eigenvalue weighted by Gasteiger charge is 2.15. The van der Waals surface area contributed by atoms with Gasteiger partial charge in [0.15, 0.2) is 5.82 Å².